The van der Waals surface area contributed by atoms with E-state index in [9.17, 15) is 0 Å². The minimum atomic E-state index is 0.365. The molecule has 3 heterocycles. The smallest absolute Gasteiger partial charge is 0.135 e. The Bertz CT molecular complexity index is 700. The van der Waals surface area contributed by atoms with Gasteiger partial charge in [-0.3, -0.25) is 4.90 Å². The van der Waals surface area contributed by atoms with Gasteiger partial charge in [0.25, 0.3) is 0 Å². The molecule has 0 N–H and O–H groups in total. The molecule has 1 aromatic carbocycles. The number of piperidine rings is 1. The van der Waals surface area contributed by atoms with Gasteiger partial charge in [-0.1, -0.05) is 30.3 Å². The fourth-order valence-corrected chi connectivity index (χ4v) is 4.07. The number of hydrogen-bond donors (Lipinski definition) is 0. The Labute approximate surface area is 156 Å². The Morgan fingerprint density at radius 2 is 1.88 bits per heavy atom. The van der Waals surface area contributed by atoms with Crippen LogP contribution in [0.5, 0.6) is 0 Å². The van der Waals surface area contributed by atoms with Crippen LogP contribution in [0, 0.1) is 0 Å². The summed E-state index contributed by atoms with van der Waals surface area (Å²) in [5, 5.41) is 0. The van der Waals surface area contributed by atoms with Crippen molar-refractivity contribution in [3.8, 4) is 0 Å². The summed E-state index contributed by atoms with van der Waals surface area (Å²) in [6, 6.07) is 13.2. The van der Waals surface area contributed by atoms with Crippen molar-refractivity contribution in [3.63, 3.8) is 0 Å². The molecule has 0 spiro atoms. The first-order valence-corrected chi connectivity index (χ1v) is 9.74. The molecule has 2 fully saturated rings. The molecule has 0 radical (unpaired) electrons. The average molecular weight is 352 g/mol. The minimum absolute atomic E-state index is 0.365. The second-order valence-corrected chi connectivity index (χ2v) is 7.39. The first-order valence-electron chi connectivity index (χ1n) is 9.74. The fraction of sp³-hybridized carbons (Fsp3) is 0.524. The SMILES string of the molecule is CC1CN(C2CCN(c3ccnc(Cc4ccccc4)n3)CC2)CCO1. The summed E-state index contributed by atoms with van der Waals surface area (Å²) >= 11 is 0. The van der Waals surface area contributed by atoms with Crippen molar-refractivity contribution in [3.05, 3.63) is 54.0 Å². The third kappa shape index (κ3) is 4.22. The molecule has 2 aromatic rings. The van der Waals surface area contributed by atoms with Crippen LogP contribution in [0.4, 0.5) is 5.82 Å². The van der Waals surface area contributed by atoms with E-state index in [1.165, 1.54) is 18.4 Å². The van der Waals surface area contributed by atoms with Gasteiger partial charge in [-0.05, 0) is 31.4 Å². The van der Waals surface area contributed by atoms with E-state index in [4.69, 9.17) is 9.72 Å². The molecule has 0 bridgehead atoms. The van der Waals surface area contributed by atoms with Crippen LogP contribution in [0.25, 0.3) is 0 Å². The molecule has 0 amide bonds. The van der Waals surface area contributed by atoms with Gasteiger partial charge < -0.3 is 9.64 Å². The van der Waals surface area contributed by atoms with E-state index >= 15 is 0 Å². The van der Waals surface area contributed by atoms with Gasteiger partial charge in [0.1, 0.15) is 11.6 Å². The van der Waals surface area contributed by atoms with Crippen molar-refractivity contribution in [2.45, 2.75) is 38.3 Å². The molecule has 138 valence electrons. The molecule has 0 saturated carbocycles. The zero-order valence-electron chi connectivity index (χ0n) is 15.6. The maximum Gasteiger partial charge on any atom is 0.135 e. The maximum absolute atomic E-state index is 5.68. The Morgan fingerprint density at radius 3 is 2.65 bits per heavy atom. The van der Waals surface area contributed by atoms with Gasteiger partial charge in [-0.25, -0.2) is 9.97 Å². The monoisotopic (exact) mass is 352 g/mol. The summed E-state index contributed by atoms with van der Waals surface area (Å²) in [6.07, 6.45) is 5.45. The summed E-state index contributed by atoms with van der Waals surface area (Å²) in [5.41, 5.74) is 1.25. The lowest BCUT2D eigenvalue weighted by molar-refractivity contribution is -0.0373. The molecule has 2 saturated heterocycles. The molecule has 26 heavy (non-hydrogen) atoms. The topological polar surface area (TPSA) is 41.5 Å². The summed E-state index contributed by atoms with van der Waals surface area (Å²) in [6.45, 7) is 7.33. The Morgan fingerprint density at radius 1 is 1.08 bits per heavy atom. The standard InChI is InChI=1S/C21H28N4O/c1-17-16-25(13-14-26-17)19-8-11-24(12-9-19)21-7-10-22-20(23-21)15-18-5-3-2-4-6-18/h2-7,10,17,19H,8-9,11-16H2,1H3. The number of nitrogens with zero attached hydrogens (tertiary/aromatic N) is 4. The number of hydrogen-bond acceptors (Lipinski definition) is 5. The second-order valence-electron chi connectivity index (χ2n) is 7.39. The summed E-state index contributed by atoms with van der Waals surface area (Å²) in [7, 11) is 0. The van der Waals surface area contributed by atoms with Crippen LogP contribution >= 0.6 is 0 Å². The van der Waals surface area contributed by atoms with Crippen molar-refractivity contribution >= 4 is 5.82 Å². The van der Waals surface area contributed by atoms with Crippen LogP contribution in [0.2, 0.25) is 0 Å². The number of ether oxygens (including phenoxy) is 1. The third-order valence-electron chi connectivity index (χ3n) is 5.47. The lowest BCUT2D eigenvalue weighted by atomic mass is 10.0. The van der Waals surface area contributed by atoms with Crippen molar-refractivity contribution in [2.24, 2.45) is 0 Å². The molecule has 5 heteroatoms. The molecule has 1 aromatic heterocycles. The summed E-state index contributed by atoms with van der Waals surface area (Å²) < 4.78 is 5.68. The highest BCUT2D eigenvalue weighted by Gasteiger charge is 2.28. The van der Waals surface area contributed by atoms with E-state index < -0.39 is 0 Å². The van der Waals surface area contributed by atoms with Gasteiger partial charge in [0.15, 0.2) is 0 Å². The Balaban J connectivity index is 1.36. The predicted octanol–water partition coefficient (Wildman–Crippen LogP) is 2.76. The summed E-state index contributed by atoms with van der Waals surface area (Å²) in [5.74, 6) is 1.97. The minimum Gasteiger partial charge on any atom is -0.376 e. The Kier molecular flexibility index (Phi) is 5.46. The highest BCUT2D eigenvalue weighted by atomic mass is 16.5. The number of morpholine rings is 1. The van der Waals surface area contributed by atoms with Crippen LogP contribution in [-0.4, -0.2) is 59.8 Å². The van der Waals surface area contributed by atoms with Gasteiger partial charge >= 0.3 is 0 Å². The summed E-state index contributed by atoms with van der Waals surface area (Å²) in [4.78, 5) is 14.3. The highest BCUT2D eigenvalue weighted by Crippen LogP contribution is 2.23. The van der Waals surface area contributed by atoms with Crippen molar-refractivity contribution < 1.29 is 4.74 Å². The van der Waals surface area contributed by atoms with E-state index in [2.05, 4.69) is 46.0 Å². The van der Waals surface area contributed by atoms with Gasteiger partial charge in [-0.2, -0.15) is 0 Å². The first-order chi connectivity index (χ1) is 12.8. The highest BCUT2D eigenvalue weighted by molar-refractivity contribution is 5.38. The number of anilines is 1. The van der Waals surface area contributed by atoms with Gasteiger partial charge in [0, 0.05) is 44.8 Å². The van der Waals surface area contributed by atoms with E-state index in [0.717, 1.165) is 50.8 Å². The number of aromatic nitrogens is 2. The van der Waals surface area contributed by atoms with Crippen molar-refractivity contribution in [1.82, 2.24) is 14.9 Å². The van der Waals surface area contributed by atoms with Crippen LogP contribution in [0.3, 0.4) is 0 Å². The third-order valence-corrected chi connectivity index (χ3v) is 5.47. The quantitative estimate of drug-likeness (QED) is 0.846. The first kappa shape index (κ1) is 17.4. The van der Waals surface area contributed by atoms with Gasteiger partial charge in [0.05, 0.1) is 12.7 Å². The lowest BCUT2D eigenvalue weighted by Gasteiger charge is -2.42. The molecular weight excluding hydrogens is 324 g/mol. The van der Waals surface area contributed by atoms with Crippen LogP contribution in [0.1, 0.15) is 31.2 Å². The van der Waals surface area contributed by atoms with E-state index in [-0.39, 0.29) is 0 Å². The largest absolute Gasteiger partial charge is 0.376 e. The van der Waals surface area contributed by atoms with Crippen molar-refractivity contribution in [2.75, 3.05) is 37.7 Å². The molecule has 2 aliphatic rings. The maximum atomic E-state index is 5.68. The van der Waals surface area contributed by atoms with Crippen molar-refractivity contribution in [1.29, 1.82) is 0 Å². The average Bonchev–Trinajstić information content (AvgIpc) is 2.69. The number of benzene rings is 1. The molecule has 1 atom stereocenters. The van der Waals surface area contributed by atoms with E-state index in [1.54, 1.807) is 0 Å². The van der Waals surface area contributed by atoms with Gasteiger partial charge in [0.2, 0.25) is 0 Å². The van der Waals surface area contributed by atoms with Crippen LogP contribution < -0.4 is 4.90 Å². The molecule has 5 nitrogen and oxygen atoms in total. The Hall–Kier alpha value is -1.98. The van der Waals surface area contributed by atoms with E-state index in [0.29, 0.717) is 12.1 Å². The zero-order valence-corrected chi connectivity index (χ0v) is 15.6. The lowest BCUT2D eigenvalue weighted by Crippen LogP contribution is -2.51. The van der Waals surface area contributed by atoms with Crippen LogP contribution in [0.15, 0.2) is 42.6 Å². The molecule has 0 aliphatic carbocycles. The zero-order chi connectivity index (χ0) is 17.8. The molecule has 1 unspecified atom stereocenters. The van der Waals surface area contributed by atoms with Gasteiger partial charge in [-0.15, -0.1) is 0 Å². The molecule has 4 rings (SSSR count). The van der Waals surface area contributed by atoms with E-state index in [1.807, 2.05) is 18.3 Å². The normalized spacial score (nSPS) is 22.5. The second kappa shape index (κ2) is 8.14. The fourth-order valence-electron chi connectivity index (χ4n) is 4.07. The van der Waals surface area contributed by atoms with Crippen LogP contribution in [-0.2, 0) is 11.2 Å². The molecule has 2 aliphatic heterocycles. The predicted molar refractivity (Wildman–Crippen MR) is 104 cm³/mol. The molecular formula is C21H28N4O. The number of rotatable bonds is 4.